The molecule has 0 unspecified atom stereocenters. The van der Waals surface area contributed by atoms with Crippen molar-refractivity contribution in [2.75, 3.05) is 31.5 Å². The molecule has 2 aromatic carbocycles. The zero-order valence-corrected chi connectivity index (χ0v) is 19.8. The Bertz CT molecular complexity index is 1050. The van der Waals surface area contributed by atoms with Crippen LogP contribution in [0.2, 0.25) is 5.02 Å². The van der Waals surface area contributed by atoms with Crippen molar-refractivity contribution in [3.8, 4) is 6.07 Å². The molecule has 2 aromatic rings. The molecule has 0 aromatic heterocycles. The zero-order chi connectivity index (χ0) is 24.1. The monoisotopic (exact) mass is 484 g/mol. The lowest BCUT2D eigenvalue weighted by Crippen LogP contribution is -2.47. The molecule has 34 heavy (non-hydrogen) atoms. The summed E-state index contributed by atoms with van der Waals surface area (Å²) in [5, 5.41) is 21.9. The van der Waals surface area contributed by atoms with Crippen LogP contribution < -0.4 is 5.32 Å². The fourth-order valence-corrected chi connectivity index (χ4v) is 5.25. The highest BCUT2D eigenvalue weighted by Crippen LogP contribution is 2.35. The highest BCUT2D eigenvalue weighted by atomic mass is 35.5. The summed E-state index contributed by atoms with van der Waals surface area (Å²) in [5.41, 5.74) is 2.31. The molecule has 4 rings (SSSR count). The first kappa shape index (κ1) is 24.5. The number of nitrogens with zero attached hydrogens (tertiary/aromatic N) is 3. The lowest BCUT2D eigenvalue weighted by atomic mass is 9.81. The number of urea groups is 1. The third kappa shape index (κ3) is 6.06. The first-order valence-corrected chi connectivity index (χ1v) is 12.2. The van der Waals surface area contributed by atoms with Gasteiger partial charge >= 0.3 is 6.03 Å². The normalized spacial score (nSPS) is 22.8. The number of amides is 2. The van der Waals surface area contributed by atoms with E-state index in [9.17, 15) is 19.6 Å². The summed E-state index contributed by atoms with van der Waals surface area (Å²) >= 11 is 5.89. The summed E-state index contributed by atoms with van der Waals surface area (Å²) in [5.74, 6) is -0.151. The number of carbonyl (C=O) groups is 1. The second kappa shape index (κ2) is 11.2. The van der Waals surface area contributed by atoms with Gasteiger partial charge in [-0.25, -0.2) is 9.18 Å². The smallest absolute Gasteiger partial charge is 0.322 e. The highest BCUT2D eigenvalue weighted by molar-refractivity contribution is 6.31. The first-order chi connectivity index (χ1) is 16.4. The molecule has 0 radical (unpaired) electrons. The van der Waals surface area contributed by atoms with Crippen LogP contribution in [0.15, 0.2) is 42.5 Å². The van der Waals surface area contributed by atoms with Gasteiger partial charge in [0, 0.05) is 37.9 Å². The molecule has 2 N–H and O–H groups in total. The van der Waals surface area contributed by atoms with Crippen LogP contribution in [0.5, 0.6) is 0 Å². The van der Waals surface area contributed by atoms with Crippen molar-refractivity contribution in [2.45, 2.75) is 50.2 Å². The molecule has 8 heteroatoms. The van der Waals surface area contributed by atoms with Gasteiger partial charge in [-0.3, -0.25) is 4.90 Å². The van der Waals surface area contributed by atoms with Crippen LogP contribution in [0.25, 0.3) is 0 Å². The number of hydrogen-bond donors (Lipinski definition) is 2. The number of carbonyl (C=O) groups excluding carboxylic acids is 1. The summed E-state index contributed by atoms with van der Waals surface area (Å²) in [6, 6.07) is 14.0. The number of likely N-dealkylation sites (tertiary alicyclic amines) is 1. The molecule has 2 fully saturated rings. The number of benzene rings is 2. The largest absolute Gasteiger partial charge is 0.392 e. The third-order valence-electron chi connectivity index (χ3n) is 6.96. The van der Waals surface area contributed by atoms with Crippen molar-refractivity contribution in [3.05, 3.63) is 64.4 Å². The van der Waals surface area contributed by atoms with Crippen molar-refractivity contribution in [1.82, 2.24) is 9.80 Å². The predicted molar refractivity (Wildman–Crippen MR) is 130 cm³/mol. The summed E-state index contributed by atoms with van der Waals surface area (Å²) in [7, 11) is 0. The average Bonchev–Trinajstić information content (AvgIpc) is 3.27. The molecule has 6 nitrogen and oxygen atoms in total. The Morgan fingerprint density at radius 1 is 1.21 bits per heavy atom. The summed E-state index contributed by atoms with van der Waals surface area (Å²) in [6.45, 7) is 2.70. The molecule has 1 aliphatic heterocycles. The third-order valence-corrected chi connectivity index (χ3v) is 7.25. The summed E-state index contributed by atoms with van der Waals surface area (Å²) in [4.78, 5) is 17.3. The van der Waals surface area contributed by atoms with E-state index >= 15 is 0 Å². The molecule has 0 bridgehead atoms. The van der Waals surface area contributed by atoms with E-state index in [1.54, 1.807) is 0 Å². The van der Waals surface area contributed by atoms with Crippen LogP contribution in [0.3, 0.4) is 0 Å². The van der Waals surface area contributed by atoms with E-state index in [1.165, 1.54) is 23.8 Å². The fraction of sp³-hybridized carbons (Fsp3) is 0.462. The minimum atomic E-state index is -0.525. The Hall–Kier alpha value is -2.66. The van der Waals surface area contributed by atoms with Crippen LogP contribution in [0.1, 0.15) is 49.1 Å². The number of rotatable bonds is 6. The van der Waals surface area contributed by atoms with Crippen molar-refractivity contribution in [1.29, 1.82) is 5.26 Å². The van der Waals surface area contributed by atoms with Gasteiger partial charge in [0.1, 0.15) is 5.82 Å². The molecule has 1 heterocycles. The number of hydrogen-bond acceptors (Lipinski definition) is 4. The standard InChI is InChI=1S/C26H30ClFN4O2/c27-24-15-21(6-9-25(24)28)30-26(34)32(13-12-31-11-10-23(33)17-31)22-7-4-19(5-8-22)20-3-1-2-18(14-20)16-29/h1-3,6,9,14-15,19,22-23,33H,4-5,7-8,10-13,17H2,(H,30,34)/t19-,22+,23-/m0/s1. The van der Waals surface area contributed by atoms with Gasteiger partial charge in [-0.1, -0.05) is 23.7 Å². The van der Waals surface area contributed by atoms with Crippen molar-refractivity contribution in [2.24, 2.45) is 0 Å². The minimum Gasteiger partial charge on any atom is -0.392 e. The lowest BCUT2D eigenvalue weighted by Gasteiger charge is -2.38. The number of anilines is 1. The number of aliphatic hydroxyl groups excluding tert-OH is 1. The van der Waals surface area contributed by atoms with Gasteiger partial charge in [-0.05, 0) is 73.9 Å². The fourth-order valence-electron chi connectivity index (χ4n) is 5.07. The van der Waals surface area contributed by atoms with E-state index in [0.29, 0.717) is 36.8 Å². The van der Waals surface area contributed by atoms with Gasteiger partial charge in [0.05, 0.1) is 22.8 Å². The van der Waals surface area contributed by atoms with E-state index in [1.807, 2.05) is 23.1 Å². The Labute approximate surface area is 204 Å². The number of halogens is 2. The topological polar surface area (TPSA) is 79.6 Å². The number of β-amino-alcohol motifs (C(OH)–C–C–N with tert-alkyl or cyclic N) is 1. The van der Waals surface area contributed by atoms with Crippen molar-refractivity contribution < 1.29 is 14.3 Å². The molecular formula is C26H30ClFN4O2. The molecule has 1 saturated carbocycles. The molecule has 1 saturated heterocycles. The molecule has 2 amide bonds. The van der Waals surface area contributed by atoms with E-state index in [0.717, 1.165) is 38.6 Å². The van der Waals surface area contributed by atoms with E-state index in [4.69, 9.17) is 11.6 Å². The van der Waals surface area contributed by atoms with Crippen LogP contribution in [0, 0.1) is 17.1 Å². The van der Waals surface area contributed by atoms with Gasteiger partial charge in [-0.2, -0.15) is 5.26 Å². The maximum absolute atomic E-state index is 13.5. The number of nitriles is 1. The first-order valence-electron chi connectivity index (χ1n) is 11.9. The lowest BCUT2D eigenvalue weighted by molar-refractivity contribution is 0.143. The van der Waals surface area contributed by atoms with Crippen LogP contribution in [-0.4, -0.2) is 59.3 Å². The quantitative estimate of drug-likeness (QED) is 0.606. The van der Waals surface area contributed by atoms with E-state index in [2.05, 4.69) is 22.4 Å². The molecular weight excluding hydrogens is 455 g/mol. The maximum Gasteiger partial charge on any atom is 0.322 e. The van der Waals surface area contributed by atoms with Crippen LogP contribution in [0.4, 0.5) is 14.9 Å². The van der Waals surface area contributed by atoms with Gasteiger partial charge in [0.15, 0.2) is 0 Å². The second-order valence-corrected chi connectivity index (χ2v) is 9.65. The Kier molecular flexibility index (Phi) is 8.04. The predicted octanol–water partition coefficient (Wildman–Crippen LogP) is 4.98. The molecule has 180 valence electrons. The Balaban J connectivity index is 1.43. The van der Waals surface area contributed by atoms with Crippen molar-refractivity contribution >= 4 is 23.3 Å². The second-order valence-electron chi connectivity index (χ2n) is 9.24. The number of aliphatic hydroxyl groups is 1. The number of nitrogens with one attached hydrogen (secondary N) is 1. The van der Waals surface area contributed by atoms with Crippen molar-refractivity contribution in [3.63, 3.8) is 0 Å². The van der Waals surface area contributed by atoms with Gasteiger partial charge in [0.2, 0.25) is 0 Å². The van der Waals surface area contributed by atoms with Gasteiger partial charge in [0.25, 0.3) is 0 Å². The SMILES string of the molecule is N#Cc1cccc([C@H]2CC[C@@H](N(CCN3CC[C@H](O)C3)C(=O)Nc3ccc(F)c(Cl)c3)CC2)c1. The average molecular weight is 485 g/mol. The van der Waals surface area contributed by atoms with Gasteiger partial charge < -0.3 is 15.3 Å². The van der Waals surface area contributed by atoms with E-state index < -0.39 is 5.82 Å². The summed E-state index contributed by atoms with van der Waals surface area (Å²) in [6.07, 6.45) is 4.06. The van der Waals surface area contributed by atoms with Crippen LogP contribution >= 0.6 is 11.6 Å². The summed E-state index contributed by atoms with van der Waals surface area (Å²) < 4.78 is 13.5. The Morgan fingerprint density at radius 3 is 2.68 bits per heavy atom. The van der Waals surface area contributed by atoms with E-state index in [-0.39, 0.29) is 23.2 Å². The highest BCUT2D eigenvalue weighted by Gasteiger charge is 2.31. The molecule has 0 spiro atoms. The maximum atomic E-state index is 13.5. The molecule has 1 aliphatic carbocycles. The zero-order valence-electron chi connectivity index (χ0n) is 19.1. The Morgan fingerprint density at radius 2 is 2.00 bits per heavy atom. The minimum absolute atomic E-state index is 0.0319. The van der Waals surface area contributed by atoms with Crippen LogP contribution in [-0.2, 0) is 0 Å². The molecule has 2 aliphatic rings. The van der Waals surface area contributed by atoms with Gasteiger partial charge in [-0.15, -0.1) is 0 Å². The molecule has 1 atom stereocenters.